The number of aromatic nitrogens is 2. The van der Waals surface area contributed by atoms with Crippen LogP contribution in [0.1, 0.15) is 23.4 Å². The van der Waals surface area contributed by atoms with E-state index >= 15 is 0 Å². The molecule has 1 aliphatic rings. The Labute approximate surface area is 130 Å². The van der Waals surface area contributed by atoms with Crippen molar-refractivity contribution in [3.05, 3.63) is 56.4 Å². The molecule has 0 aliphatic carbocycles. The summed E-state index contributed by atoms with van der Waals surface area (Å²) < 4.78 is 1.55. The number of fused-ring (bicyclic) bond motifs is 2. The first-order valence-electron chi connectivity index (χ1n) is 7.11. The van der Waals surface area contributed by atoms with Crippen LogP contribution in [0.15, 0.2) is 35.8 Å². The summed E-state index contributed by atoms with van der Waals surface area (Å²) in [5.74, 6) is 0.502. The summed E-state index contributed by atoms with van der Waals surface area (Å²) in [6.07, 6.45) is 2.59. The van der Waals surface area contributed by atoms with Gasteiger partial charge < -0.3 is 15.0 Å². The van der Waals surface area contributed by atoms with Gasteiger partial charge in [0.2, 0.25) is 11.5 Å². The van der Waals surface area contributed by atoms with E-state index in [-0.39, 0.29) is 16.8 Å². The largest absolute Gasteiger partial charge is 0.372 e. The van der Waals surface area contributed by atoms with Gasteiger partial charge in [0, 0.05) is 17.5 Å². The van der Waals surface area contributed by atoms with Crippen LogP contribution >= 0.6 is 11.3 Å². The summed E-state index contributed by atoms with van der Waals surface area (Å²) >= 11 is 1.76. The van der Waals surface area contributed by atoms with Gasteiger partial charge in [-0.2, -0.15) is 9.38 Å². The molecule has 1 unspecified atom stereocenters. The molecule has 0 radical (unpaired) electrons. The Morgan fingerprint density at radius 3 is 3.09 bits per heavy atom. The second-order valence-electron chi connectivity index (χ2n) is 5.36. The molecule has 4 heterocycles. The minimum atomic E-state index is -0.342. The Bertz CT molecular complexity index is 869. The van der Waals surface area contributed by atoms with Gasteiger partial charge in [-0.3, -0.25) is 0 Å². The van der Waals surface area contributed by atoms with Crippen LogP contribution in [0.5, 0.6) is 0 Å². The number of imidazole rings is 1. The number of nitro groups is 1. The zero-order valence-electron chi connectivity index (χ0n) is 12.0. The third-order valence-electron chi connectivity index (χ3n) is 4.21. The van der Waals surface area contributed by atoms with Crippen LogP contribution in [0.2, 0.25) is 0 Å². The first-order valence-corrected chi connectivity index (χ1v) is 7.99. The molecule has 0 saturated heterocycles. The summed E-state index contributed by atoms with van der Waals surface area (Å²) in [6, 6.07) is 7.62. The molecule has 0 aromatic carbocycles. The minimum absolute atomic E-state index is 0.0427. The lowest BCUT2D eigenvalue weighted by Gasteiger charge is -2.33. The van der Waals surface area contributed by atoms with Crippen molar-refractivity contribution < 1.29 is 4.92 Å². The SMILES string of the molecule is CC1c2ccsc2CCN1c1nc2ccccn2c1[N+](=O)[O-]. The van der Waals surface area contributed by atoms with Crippen LogP contribution in [0.4, 0.5) is 11.6 Å². The Balaban J connectivity index is 1.88. The van der Waals surface area contributed by atoms with Crippen LogP contribution in [0.25, 0.3) is 5.65 Å². The lowest BCUT2D eigenvalue weighted by molar-refractivity contribution is -0.389. The van der Waals surface area contributed by atoms with Gasteiger partial charge in [0.15, 0.2) is 0 Å². The smallest absolute Gasteiger partial charge is 0.358 e. The van der Waals surface area contributed by atoms with Crippen molar-refractivity contribution in [1.82, 2.24) is 9.38 Å². The Hall–Kier alpha value is -2.41. The van der Waals surface area contributed by atoms with Gasteiger partial charge in [-0.15, -0.1) is 11.3 Å². The van der Waals surface area contributed by atoms with Gasteiger partial charge in [0.25, 0.3) is 0 Å². The number of anilines is 1. The van der Waals surface area contributed by atoms with Crippen molar-refractivity contribution in [2.45, 2.75) is 19.4 Å². The molecule has 3 aromatic heterocycles. The van der Waals surface area contributed by atoms with E-state index in [1.165, 1.54) is 10.4 Å². The van der Waals surface area contributed by atoms with E-state index in [0.29, 0.717) is 11.5 Å². The molecule has 1 atom stereocenters. The fourth-order valence-corrected chi connectivity index (χ4v) is 4.09. The molecule has 112 valence electrons. The lowest BCUT2D eigenvalue weighted by atomic mass is 10.0. The maximum atomic E-state index is 11.6. The summed E-state index contributed by atoms with van der Waals surface area (Å²) in [4.78, 5) is 19.1. The van der Waals surface area contributed by atoms with E-state index in [2.05, 4.69) is 23.4 Å². The van der Waals surface area contributed by atoms with Crippen LogP contribution < -0.4 is 4.90 Å². The maximum Gasteiger partial charge on any atom is 0.372 e. The highest BCUT2D eigenvalue weighted by Crippen LogP contribution is 2.39. The molecule has 0 N–H and O–H groups in total. The first-order chi connectivity index (χ1) is 10.7. The van der Waals surface area contributed by atoms with Gasteiger partial charge in [-0.1, -0.05) is 6.07 Å². The van der Waals surface area contributed by atoms with E-state index in [0.717, 1.165) is 13.0 Å². The zero-order valence-corrected chi connectivity index (χ0v) is 12.8. The molecule has 0 bridgehead atoms. The zero-order chi connectivity index (χ0) is 15.3. The predicted molar refractivity (Wildman–Crippen MR) is 85.6 cm³/mol. The highest BCUT2D eigenvalue weighted by molar-refractivity contribution is 7.10. The number of hydrogen-bond acceptors (Lipinski definition) is 5. The van der Waals surface area contributed by atoms with E-state index in [9.17, 15) is 10.1 Å². The quantitative estimate of drug-likeness (QED) is 0.537. The topological polar surface area (TPSA) is 63.7 Å². The Morgan fingerprint density at radius 1 is 1.41 bits per heavy atom. The molecule has 3 aromatic rings. The van der Waals surface area contributed by atoms with E-state index in [1.807, 2.05) is 11.0 Å². The minimum Gasteiger partial charge on any atom is -0.358 e. The molecule has 0 amide bonds. The first kappa shape index (κ1) is 13.3. The fourth-order valence-electron chi connectivity index (χ4n) is 3.13. The second kappa shape index (κ2) is 4.81. The number of hydrogen-bond donors (Lipinski definition) is 0. The normalized spacial score (nSPS) is 17.7. The highest BCUT2D eigenvalue weighted by atomic mass is 32.1. The monoisotopic (exact) mass is 314 g/mol. The number of rotatable bonds is 2. The summed E-state index contributed by atoms with van der Waals surface area (Å²) in [5.41, 5.74) is 1.86. The molecule has 22 heavy (non-hydrogen) atoms. The van der Waals surface area contributed by atoms with Crippen molar-refractivity contribution in [3.8, 4) is 0 Å². The number of thiophene rings is 1. The highest BCUT2D eigenvalue weighted by Gasteiger charge is 2.33. The van der Waals surface area contributed by atoms with Crippen molar-refractivity contribution in [3.63, 3.8) is 0 Å². The van der Waals surface area contributed by atoms with Gasteiger partial charge >= 0.3 is 5.82 Å². The van der Waals surface area contributed by atoms with Gasteiger partial charge in [-0.05, 0) is 41.3 Å². The van der Waals surface area contributed by atoms with Crippen LogP contribution in [0.3, 0.4) is 0 Å². The summed E-state index contributed by atoms with van der Waals surface area (Å²) in [6.45, 7) is 2.83. The maximum absolute atomic E-state index is 11.6. The lowest BCUT2D eigenvalue weighted by Crippen LogP contribution is -2.33. The molecule has 0 spiro atoms. The average molecular weight is 314 g/mol. The number of pyridine rings is 1. The van der Waals surface area contributed by atoms with Crippen molar-refractivity contribution in [2.75, 3.05) is 11.4 Å². The molecular weight excluding hydrogens is 300 g/mol. The van der Waals surface area contributed by atoms with E-state index in [4.69, 9.17) is 0 Å². The van der Waals surface area contributed by atoms with Gasteiger partial charge in [0.05, 0.1) is 12.2 Å². The van der Waals surface area contributed by atoms with Crippen molar-refractivity contribution in [1.29, 1.82) is 0 Å². The summed E-state index contributed by atoms with van der Waals surface area (Å²) in [5, 5.41) is 13.6. The predicted octanol–water partition coefficient (Wildman–Crippen LogP) is 3.43. The van der Waals surface area contributed by atoms with Gasteiger partial charge in [-0.25, -0.2) is 0 Å². The van der Waals surface area contributed by atoms with Gasteiger partial charge in [0.1, 0.15) is 0 Å². The fraction of sp³-hybridized carbons (Fsp3) is 0.267. The van der Waals surface area contributed by atoms with Crippen LogP contribution in [0, 0.1) is 10.1 Å². The molecule has 0 saturated carbocycles. The van der Waals surface area contributed by atoms with Crippen LogP contribution in [-0.2, 0) is 6.42 Å². The van der Waals surface area contributed by atoms with Crippen LogP contribution in [-0.4, -0.2) is 20.9 Å². The average Bonchev–Trinajstić information content (AvgIpc) is 3.11. The van der Waals surface area contributed by atoms with Crippen molar-refractivity contribution >= 4 is 28.6 Å². The molecule has 4 rings (SSSR count). The molecular formula is C15H14N4O2S. The number of nitrogens with zero attached hydrogens (tertiary/aromatic N) is 4. The van der Waals surface area contributed by atoms with E-state index in [1.54, 1.807) is 34.1 Å². The Morgan fingerprint density at radius 2 is 2.27 bits per heavy atom. The Kier molecular flexibility index (Phi) is 2.90. The second-order valence-corrected chi connectivity index (χ2v) is 6.36. The van der Waals surface area contributed by atoms with Crippen molar-refractivity contribution in [2.24, 2.45) is 0 Å². The molecule has 7 heteroatoms. The van der Waals surface area contributed by atoms with E-state index < -0.39 is 0 Å². The molecule has 0 fully saturated rings. The summed E-state index contributed by atoms with van der Waals surface area (Å²) in [7, 11) is 0. The molecule has 1 aliphatic heterocycles. The standard InChI is InChI=1S/C15H14N4O2S/c1-10-11-6-9-22-12(11)5-8-17(10)14-15(19(20)21)18-7-3-2-4-13(18)16-14/h2-4,6-7,9-10H,5,8H2,1H3. The molecule has 6 nitrogen and oxygen atoms in total. The third-order valence-corrected chi connectivity index (χ3v) is 5.21. The third kappa shape index (κ3) is 1.82.